The summed E-state index contributed by atoms with van der Waals surface area (Å²) in [5.74, 6) is 0. The van der Waals surface area contributed by atoms with Crippen LogP contribution in [0.5, 0.6) is 0 Å². The fraction of sp³-hybridized carbons (Fsp3) is 0. The Morgan fingerprint density at radius 1 is 0.571 bits per heavy atom. The van der Waals surface area contributed by atoms with Crippen molar-refractivity contribution >= 4 is 31.5 Å². The average Bonchev–Trinajstić information content (AvgIpc) is 3.32. The fourth-order valence-electron chi connectivity index (χ4n) is 4.56. The highest BCUT2D eigenvalue weighted by molar-refractivity contribution is 7.26. The third-order valence-electron chi connectivity index (χ3n) is 6.22. The van der Waals surface area contributed by atoms with Crippen LogP contribution in [0.15, 0.2) is 103 Å². The predicted molar refractivity (Wildman–Crippen MR) is 143 cm³/mol. The standard InChI is InChI=1S/C31H17N3S/c32-17-20-14-21(18-33)16-25(15-20)27-6-2-8-29-28-7-1-5-26(30(28)35-31(27)29)23-11-9-22(10-12-23)24-4-3-13-34-19-24/h1-16,19H. The van der Waals surface area contributed by atoms with Crippen molar-refractivity contribution in [3.8, 4) is 45.5 Å². The minimum absolute atomic E-state index is 0.492. The molecule has 0 saturated carbocycles. The van der Waals surface area contributed by atoms with E-state index in [2.05, 4.69) is 77.8 Å². The highest BCUT2D eigenvalue weighted by Gasteiger charge is 2.14. The van der Waals surface area contributed by atoms with E-state index >= 15 is 0 Å². The molecule has 0 amide bonds. The summed E-state index contributed by atoms with van der Waals surface area (Å²) in [5, 5.41) is 21.3. The van der Waals surface area contributed by atoms with Gasteiger partial charge in [0, 0.05) is 32.6 Å². The smallest absolute Gasteiger partial charge is 0.0992 e. The molecule has 0 N–H and O–H groups in total. The summed E-state index contributed by atoms with van der Waals surface area (Å²) in [7, 11) is 0. The van der Waals surface area contributed by atoms with Crippen molar-refractivity contribution in [2.24, 2.45) is 0 Å². The molecule has 0 aliphatic carbocycles. The number of thiophene rings is 1. The van der Waals surface area contributed by atoms with Gasteiger partial charge in [-0.05, 0) is 57.6 Å². The zero-order valence-electron chi connectivity index (χ0n) is 18.6. The monoisotopic (exact) mass is 463 g/mol. The van der Waals surface area contributed by atoms with E-state index in [0.717, 1.165) is 32.5 Å². The van der Waals surface area contributed by atoms with Gasteiger partial charge >= 0.3 is 0 Å². The molecule has 3 nitrogen and oxygen atoms in total. The predicted octanol–water partition coefficient (Wildman–Crippen LogP) is 8.19. The third-order valence-corrected chi connectivity index (χ3v) is 7.51. The van der Waals surface area contributed by atoms with Crippen LogP contribution < -0.4 is 0 Å². The van der Waals surface area contributed by atoms with E-state index in [1.807, 2.05) is 30.5 Å². The zero-order chi connectivity index (χ0) is 23.8. The summed E-state index contributed by atoms with van der Waals surface area (Å²) in [6.45, 7) is 0. The second-order valence-electron chi connectivity index (χ2n) is 8.31. The third kappa shape index (κ3) is 3.63. The lowest BCUT2D eigenvalue weighted by atomic mass is 9.97. The molecule has 0 fully saturated rings. The Bertz CT molecular complexity index is 1770. The Balaban J connectivity index is 1.52. The van der Waals surface area contributed by atoms with Gasteiger partial charge in [-0.3, -0.25) is 4.98 Å². The summed E-state index contributed by atoms with van der Waals surface area (Å²) in [4.78, 5) is 4.23. The Morgan fingerprint density at radius 2 is 1.17 bits per heavy atom. The van der Waals surface area contributed by atoms with Crippen molar-refractivity contribution < 1.29 is 0 Å². The molecule has 0 aliphatic heterocycles. The van der Waals surface area contributed by atoms with Gasteiger partial charge in [-0.25, -0.2) is 0 Å². The highest BCUT2D eigenvalue weighted by atomic mass is 32.1. The number of hydrogen-bond acceptors (Lipinski definition) is 4. The molecule has 6 rings (SSSR count). The number of fused-ring (bicyclic) bond motifs is 3. The van der Waals surface area contributed by atoms with Crippen LogP contribution in [0.25, 0.3) is 53.6 Å². The molecule has 35 heavy (non-hydrogen) atoms. The topological polar surface area (TPSA) is 60.5 Å². The van der Waals surface area contributed by atoms with Gasteiger partial charge in [0.15, 0.2) is 0 Å². The number of nitrogens with zero attached hydrogens (tertiary/aromatic N) is 3. The Labute approximate surface area is 206 Å². The molecule has 2 aromatic heterocycles. The van der Waals surface area contributed by atoms with Crippen LogP contribution in [0.2, 0.25) is 0 Å². The van der Waals surface area contributed by atoms with Gasteiger partial charge in [-0.2, -0.15) is 10.5 Å². The first-order valence-corrected chi connectivity index (χ1v) is 12.0. The number of pyridine rings is 1. The lowest BCUT2D eigenvalue weighted by molar-refractivity contribution is 1.33. The van der Waals surface area contributed by atoms with E-state index in [4.69, 9.17) is 0 Å². The Hall–Kier alpha value is -4.77. The SMILES string of the molecule is N#Cc1cc(C#N)cc(-c2cccc3c2sc2c(-c4ccc(-c5cccnc5)cc4)cccc23)c1. The number of hydrogen-bond donors (Lipinski definition) is 0. The Kier molecular flexibility index (Phi) is 5.08. The van der Waals surface area contributed by atoms with Crippen LogP contribution >= 0.6 is 11.3 Å². The molecule has 0 saturated heterocycles. The quantitative estimate of drug-likeness (QED) is 0.266. The highest BCUT2D eigenvalue weighted by Crippen LogP contribution is 2.44. The molecule has 0 atom stereocenters. The van der Waals surface area contributed by atoms with E-state index in [-0.39, 0.29) is 0 Å². The molecular formula is C31H17N3S. The molecular weight excluding hydrogens is 446 g/mol. The van der Waals surface area contributed by atoms with Gasteiger partial charge in [0.2, 0.25) is 0 Å². The second kappa shape index (κ2) is 8.54. The van der Waals surface area contributed by atoms with E-state index in [1.165, 1.54) is 21.0 Å². The molecule has 6 aromatic rings. The summed E-state index contributed by atoms with van der Waals surface area (Å²) < 4.78 is 2.38. The van der Waals surface area contributed by atoms with Crippen molar-refractivity contribution in [3.63, 3.8) is 0 Å². The summed E-state index contributed by atoms with van der Waals surface area (Å²) in [5.41, 5.74) is 7.50. The van der Waals surface area contributed by atoms with Gasteiger partial charge in [0.25, 0.3) is 0 Å². The first kappa shape index (κ1) is 20.8. The molecule has 2 heterocycles. The van der Waals surface area contributed by atoms with Gasteiger partial charge < -0.3 is 0 Å². The molecule has 0 bridgehead atoms. The molecule has 0 unspecified atom stereocenters. The van der Waals surface area contributed by atoms with Gasteiger partial charge in [0.05, 0.1) is 23.3 Å². The minimum atomic E-state index is 0.492. The Morgan fingerprint density at radius 3 is 1.74 bits per heavy atom. The van der Waals surface area contributed by atoms with Gasteiger partial charge in [-0.1, -0.05) is 66.7 Å². The maximum atomic E-state index is 9.45. The molecule has 4 heteroatoms. The van der Waals surface area contributed by atoms with Crippen molar-refractivity contribution in [3.05, 3.63) is 115 Å². The normalized spacial score (nSPS) is 10.8. The van der Waals surface area contributed by atoms with E-state index in [1.54, 1.807) is 23.6 Å². The van der Waals surface area contributed by atoms with Gasteiger partial charge in [0.1, 0.15) is 0 Å². The first-order valence-electron chi connectivity index (χ1n) is 11.2. The number of aromatic nitrogens is 1. The van der Waals surface area contributed by atoms with Crippen LogP contribution in [-0.2, 0) is 0 Å². The first-order chi connectivity index (χ1) is 17.2. The minimum Gasteiger partial charge on any atom is -0.264 e. The lowest BCUT2D eigenvalue weighted by Crippen LogP contribution is -1.84. The van der Waals surface area contributed by atoms with Crippen molar-refractivity contribution in [2.75, 3.05) is 0 Å². The number of nitriles is 2. The average molecular weight is 464 g/mol. The largest absolute Gasteiger partial charge is 0.264 e. The number of rotatable bonds is 3. The molecule has 0 radical (unpaired) electrons. The van der Waals surface area contributed by atoms with Crippen LogP contribution in [0, 0.1) is 22.7 Å². The van der Waals surface area contributed by atoms with E-state index in [9.17, 15) is 10.5 Å². The maximum absolute atomic E-state index is 9.45. The van der Waals surface area contributed by atoms with E-state index < -0.39 is 0 Å². The maximum Gasteiger partial charge on any atom is 0.0992 e. The molecule has 0 aliphatic rings. The van der Waals surface area contributed by atoms with Crippen LogP contribution in [0.3, 0.4) is 0 Å². The zero-order valence-corrected chi connectivity index (χ0v) is 19.4. The summed E-state index contributed by atoms with van der Waals surface area (Å²) in [6, 6.07) is 35.0. The molecule has 4 aromatic carbocycles. The van der Waals surface area contributed by atoms with Crippen LogP contribution in [0.4, 0.5) is 0 Å². The molecule has 162 valence electrons. The summed E-state index contributed by atoms with van der Waals surface area (Å²) >= 11 is 1.76. The van der Waals surface area contributed by atoms with Crippen molar-refractivity contribution in [1.29, 1.82) is 10.5 Å². The van der Waals surface area contributed by atoms with E-state index in [0.29, 0.717) is 11.1 Å². The fourth-order valence-corrected chi connectivity index (χ4v) is 5.93. The van der Waals surface area contributed by atoms with Crippen LogP contribution in [0.1, 0.15) is 11.1 Å². The van der Waals surface area contributed by atoms with Gasteiger partial charge in [-0.15, -0.1) is 11.3 Å². The summed E-state index contributed by atoms with van der Waals surface area (Å²) in [6.07, 6.45) is 3.66. The van der Waals surface area contributed by atoms with Crippen LogP contribution in [-0.4, -0.2) is 4.98 Å². The second-order valence-corrected chi connectivity index (χ2v) is 9.33. The molecule has 0 spiro atoms. The van der Waals surface area contributed by atoms with Crippen molar-refractivity contribution in [1.82, 2.24) is 4.98 Å². The van der Waals surface area contributed by atoms with Crippen molar-refractivity contribution in [2.45, 2.75) is 0 Å². The lowest BCUT2D eigenvalue weighted by Gasteiger charge is -2.06. The number of benzene rings is 4.